The van der Waals surface area contributed by atoms with Gasteiger partial charge < -0.3 is 25.2 Å². The molecular weight excluding hydrogens is 504 g/mol. The molecule has 1 aromatic carbocycles. The third kappa shape index (κ3) is 7.22. The van der Waals surface area contributed by atoms with Crippen LogP contribution in [0, 0.1) is 5.92 Å². The maximum atomic E-state index is 13.1. The molecule has 2 aliphatic heterocycles. The molecule has 9 heteroatoms. The lowest BCUT2D eigenvalue weighted by Crippen LogP contribution is -2.46. The van der Waals surface area contributed by atoms with E-state index in [0.29, 0.717) is 32.4 Å². The lowest BCUT2D eigenvalue weighted by Gasteiger charge is -2.35. The van der Waals surface area contributed by atoms with E-state index in [0.717, 1.165) is 40.9 Å². The number of rotatable bonds is 9. The minimum Gasteiger partial charge on any atom is -0.435 e. The number of ether oxygens (including phenoxy) is 1. The van der Waals surface area contributed by atoms with Gasteiger partial charge in [0.1, 0.15) is 11.6 Å². The van der Waals surface area contributed by atoms with Gasteiger partial charge in [0.15, 0.2) is 0 Å². The van der Waals surface area contributed by atoms with Crippen molar-refractivity contribution in [1.29, 1.82) is 0 Å². The van der Waals surface area contributed by atoms with E-state index in [2.05, 4.69) is 30.0 Å². The number of halogens is 2. The van der Waals surface area contributed by atoms with E-state index in [-0.39, 0.29) is 18.3 Å². The summed E-state index contributed by atoms with van der Waals surface area (Å²) in [6.45, 7) is 1.89. The van der Waals surface area contributed by atoms with Gasteiger partial charge in [0.25, 0.3) is 0 Å². The van der Waals surface area contributed by atoms with Crippen LogP contribution in [0.1, 0.15) is 51.5 Å². The molecular formula is C30H37F2N3O4. The van der Waals surface area contributed by atoms with Gasteiger partial charge in [-0.3, -0.25) is 4.79 Å². The third-order valence-corrected chi connectivity index (χ3v) is 7.48. The predicted octanol–water partition coefficient (Wildman–Crippen LogP) is 4.59. The summed E-state index contributed by atoms with van der Waals surface area (Å²) in [7, 11) is 0. The van der Waals surface area contributed by atoms with Crippen molar-refractivity contribution in [2.45, 2.75) is 64.2 Å². The minimum absolute atomic E-state index is 0.109. The molecule has 1 saturated heterocycles. The molecule has 210 valence electrons. The van der Waals surface area contributed by atoms with Crippen molar-refractivity contribution in [3.63, 3.8) is 0 Å². The summed E-state index contributed by atoms with van der Waals surface area (Å²) in [5.74, 6) is 0.0855. The van der Waals surface area contributed by atoms with E-state index < -0.39 is 24.2 Å². The highest BCUT2D eigenvalue weighted by Gasteiger charge is 2.32. The molecule has 1 fully saturated rings. The van der Waals surface area contributed by atoms with Gasteiger partial charge in [0.05, 0.1) is 24.2 Å². The first kappa shape index (κ1) is 28.7. The molecule has 1 aliphatic carbocycles. The standard InChI is InChI=1S/C30H37F2N3O4/c1-3-20-6-7-23(21-8-10-25(11-9-21)39-29(31)32)17-33-27(20)34-30(2)14-12-22(13-15-30)26(19-36)28(38)35-16-4-5-24(37)18-35/h7-14,17,24,26,29,34,36-37H,3-6,15-16,18-19H2,1-2H3. The van der Waals surface area contributed by atoms with Crippen molar-refractivity contribution in [3.8, 4) is 5.75 Å². The highest BCUT2D eigenvalue weighted by atomic mass is 19.3. The number of hydrogen-bond acceptors (Lipinski definition) is 6. The van der Waals surface area contributed by atoms with Gasteiger partial charge in [-0.1, -0.05) is 43.4 Å². The molecule has 3 unspecified atom stereocenters. The number of allylic oxidation sites excluding steroid dienone is 4. The number of benzene rings is 1. The van der Waals surface area contributed by atoms with Crippen molar-refractivity contribution < 1.29 is 28.5 Å². The fourth-order valence-corrected chi connectivity index (χ4v) is 5.13. The van der Waals surface area contributed by atoms with Gasteiger partial charge in [-0.25, -0.2) is 4.99 Å². The van der Waals surface area contributed by atoms with Crippen LogP contribution in [-0.2, 0) is 4.79 Å². The lowest BCUT2D eigenvalue weighted by atomic mass is 9.85. The normalized spacial score (nSPS) is 24.3. The van der Waals surface area contributed by atoms with E-state index in [9.17, 15) is 23.8 Å². The van der Waals surface area contributed by atoms with Crippen LogP contribution in [0.3, 0.4) is 0 Å². The Morgan fingerprint density at radius 3 is 2.67 bits per heavy atom. The largest absolute Gasteiger partial charge is 0.435 e. The second-order valence-corrected chi connectivity index (χ2v) is 10.4. The molecule has 39 heavy (non-hydrogen) atoms. The van der Waals surface area contributed by atoms with Gasteiger partial charge in [0.2, 0.25) is 5.91 Å². The number of aliphatic hydroxyl groups is 2. The van der Waals surface area contributed by atoms with Crippen molar-refractivity contribution >= 4 is 17.7 Å². The number of carbonyl (C=O) groups is 1. The molecule has 4 rings (SSSR count). The van der Waals surface area contributed by atoms with Crippen molar-refractivity contribution in [2.75, 3.05) is 19.7 Å². The van der Waals surface area contributed by atoms with Crippen molar-refractivity contribution in [3.05, 3.63) is 71.1 Å². The second-order valence-electron chi connectivity index (χ2n) is 10.4. The van der Waals surface area contributed by atoms with Crippen LogP contribution >= 0.6 is 0 Å². The van der Waals surface area contributed by atoms with Crippen molar-refractivity contribution in [2.24, 2.45) is 10.9 Å². The number of aliphatic hydroxyl groups excluding tert-OH is 2. The fraction of sp³-hybridized carbons (Fsp3) is 0.467. The molecule has 0 saturated carbocycles. The highest BCUT2D eigenvalue weighted by Crippen LogP contribution is 2.30. The summed E-state index contributed by atoms with van der Waals surface area (Å²) in [4.78, 5) is 19.5. The zero-order chi connectivity index (χ0) is 28.0. The maximum absolute atomic E-state index is 13.1. The molecule has 2 heterocycles. The van der Waals surface area contributed by atoms with E-state index in [1.807, 2.05) is 18.2 Å². The molecule has 1 amide bonds. The maximum Gasteiger partial charge on any atom is 0.387 e. The third-order valence-electron chi connectivity index (χ3n) is 7.48. The Labute approximate surface area is 228 Å². The summed E-state index contributed by atoms with van der Waals surface area (Å²) in [6, 6.07) is 6.51. The molecule has 0 radical (unpaired) electrons. The molecule has 0 bridgehead atoms. The Morgan fingerprint density at radius 2 is 2.05 bits per heavy atom. The topological polar surface area (TPSA) is 94.4 Å². The molecule has 3 atom stereocenters. The van der Waals surface area contributed by atoms with Crippen LogP contribution in [0.4, 0.5) is 8.78 Å². The monoisotopic (exact) mass is 541 g/mol. The quantitative estimate of drug-likeness (QED) is 0.425. The zero-order valence-electron chi connectivity index (χ0n) is 22.4. The number of nitrogens with one attached hydrogen (secondary N) is 1. The van der Waals surface area contributed by atoms with Crippen LogP contribution in [0.15, 0.2) is 70.5 Å². The summed E-state index contributed by atoms with van der Waals surface area (Å²) in [6.07, 6.45) is 12.8. The van der Waals surface area contributed by atoms with Crippen LogP contribution in [0.25, 0.3) is 5.57 Å². The molecule has 0 spiro atoms. The number of β-amino-alcohol motifs (C(OH)–C–C–N with tert-alkyl or cyclic N) is 1. The van der Waals surface area contributed by atoms with Crippen LogP contribution in [0.5, 0.6) is 5.75 Å². The number of carbonyl (C=O) groups excluding carboxylic acids is 1. The van der Waals surface area contributed by atoms with Gasteiger partial charge >= 0.3 is 6.61 Å². The van der Waals surface area contributed by atoms with E-state index in [1.165, 1.54) is 12.1 Å². The minimum atomic E-state index is -2.86. The zero-order valence-corrected chi connectivity index (χ0v) is 22.4. The smallest absolute Gasteiger partial charge is 0.387 e. The first-order valence-corrected chi connectivity index (χ1v) is 13.5. The molecule has 7 nitrogen and oxygen atoms in total. The van der Waals surface area contributed by atoms with E-state index in [4.69, 9.17) is 4.99 Å². The lowest BCUT2D eigenvalue weighted by molar-refractivity contribution is -0.138. The average molecular weight is 542 g/mol. The summed E-state index contributed by atoms with van der Waals surface area (Å²) in [5.41, 5.74) is 3.21. The summed E-state index contributed by atoms with van der Waals surface area (Å²) >= 11 is 0. The Balaban J connectivity index is 1.43. The summed E-state index contributed by atoms with van der Waals surface area (Å²) < 4.78 is 29.4. The SMILES string of the molecule is CCC1=C(NC2(C)C=CC(C(CO)C(=O)N3CCCC(O)C3)=CC2)N=CC(c2ccc(OC(F)F)cc2)=CC1. The number of hydrogen-bond donors (Lipinski definition) is 3. The Bertz CT molecular complexity index is 1190. The number of nitrogens with zero attached hydrogens (tertiary/aromatic N) is 2. The number of amides is 1. The van der Waals surface area contributed by atoms with Gasteiger partial charge in [-0.05, 0) is 73.4 Å². The first-order valence-electron chi connectivity index (χ1n) is 13.5. The molecule has 3 aliphatic rings. The number of aliphatic imine (C=N–C) groups is 1. The van der Waals surface area contributed by atoms with Gasteiger partial charge in [-0.15, -0.1) is 0 Å². The second kappa shape index (κ2) is 12.7. The Morgan fingerprint density at radius 1 is 1.28 bits per heavy atom. The number of alkyl halides is 2. The first-order chi connectivity index (χ1) is 18.7. The molecule has 3 N–H and O–H groups in total. The van der Waals surface area contributed by atoms with Crippen LogP contribution < -0.4 is 10.1 Å². The van der Waals surface area contributed by atoms with Crippen LogP contribution in [-0.4, -0.2) is 65.2 Å². The number of likely N-dealkylation sites (tertiary alicyclic amines) is 1. The molecule has 0 aromatic heterocycles. The van der Waals surface area contributed by atoms with Gasteiger partial charge in [0, 0.05) is 19.3 Å². The average Bonchev–Trinajstić information content (AvgIpc) is 3.12. The van der Waals surface area contributed by atoms with Gasteiger partial charge in [-0.2, -0.15) is 8.78 Å². The van der Waals surface area contributed by atoms with Crippen molar-refractivity contribution in [1.82, 2.24) is 10.2 Å². The van der Waals surface area contributed by atoms with E-state index in [1.54, 1.807) is 23.2 Å². The molecule has 1 aromatic rings. The Kier molecular flexibility index (Phi) is 9.35. The predicted molar refractivity (Wildman–Crippen MR) is 147 cm³/mol. The fourth-order valence-electron chi connectivity index (χ4n) is 5.13. The number of piperidine rings is 1. The van der Waals surface area contributed by atoms with Crippen LogP contribution in [0.2, 0.25) is 0 Å². The highest BCUT2D eigenvalue weighted by molar-refractivity contribution is 6.10. The summed E-state index contributed by atoms with van der Waals surface area (Å²) in [5, 5.41) is 23.6. The Hall–Kier alpha value is -3.30. The van der Waals surface area contributed by atoms with E-state index >= 15 is 0 Å².